The minimum Gasteiger partial charge on any atom is -0.297 e. The molecule has 0 bridgehead atoms. The first-order valence-corrected chi connectivity index (χ1v) is 8.05. The molecular weight excluding hydrogens is 286 g/mol. The third kappa shape index (κ3) is 3.13. The molecule has 0 aliphatic rings. The Morgan fingerprint density at radius 3 is 2.37 bits per heavy atom. The molecule has 2 rings (SSSR count). The van der Waals surface area contributed by atoms with Crippen molar-refractivity contribution in [2.24, 2.45) is 0 Å². The zero-order chi connectivity index (χ0) is 14.0. The predicted octanol–water partition coefficient (Wildman–Crippen LogP) is 1.95. The van der Waals surface area contributed by atoms with Crippen LogP contribution < -0.4 is 0 Å². The minimum atomic E-state index is -3.16. The van der Waals surface area contributed by atoms with Gasteiger partial charge in [-0.25, -0.2) is 8.42 Å². The van der Waals surface area contributed by atoms with Crippen molar-refractivity contribution >= 4 is 21.4 Å². The van der Waals surface area contributed by atoms with Crippen molar-refractivity contribution in [2.45, 2.75) is 24.8 Å². The fourth-order valence-corrected chi connectivity index (χ4v) is 2.58. The van der Waals surface area contributed by atoms with E-state index in [1.165, 1.54) is 6.26 Å². The highest BCUT2D eigenvalue weighted by Crippen LogP contribution is 2.15. The average Bonchev–Trinajstić information content (AvgIpc) is 2.70. The molecule has 0 N–H and O–H groups in total. The van der Waals surface area contributed by atoms with Crippen LogP contribution in [0.2, 0.25) is 5.28 Å². The SMILES string of the molecule is CCc1nnc(Cl)n1Cc1ccc(S(C)(=O)=O)cc1. The van der Waals surface area contributed by atoms with Gasteiger partial charge in [-0.3, -0.25) is 4.57 Å². The maximum atomic E-state index is 11.4. The molecule has 7 heteroatoms. The molecule has 19 heavy (non-hydrogen) atoms. The molecule has 2 aromatic rings. The molecule has 0 aliphatic carbocycles. The third-order valence-electron chi connectivity index (χ3n) is 2.79. The van der Waals surface area contributed by atoms with E-state index in [1.54, 1.807) is 28.8 Å². The lowest BCUT2D eigenvalue weighted by atomic mass is 10.2. The summed E-state index contributed by atoms with van der Waals surface area (Å²) >= 11 is 5.97. The van der Waals surface area contributed by atoms with Crippen LogP contribution in [-0.4, -0.2) is 29.4 Å². The van der Waals surface area contributed by atoms with E-state index in [-0.39, 0.29) is 0 Å². The van der Waals surface area contributed by atoms with Gasteiger partial charge in [0.2, 0.25) is 5.28 Å². The van der Waals surface area contributed by atoms with Gasteiger partial charge in [0.05, 0.1) is 11.4 Å². The lowest BCUT2D eigenvalue weighted by Gasteiger charge is -2.07. The largest absolute Gasteiger partial charge is 0.297 e. The smallest absolute Gasteiger partial charge is 0.225 e. The van der Waals surface area contributed by atoms with Gasteiger partial charge in [0, 0.05) is 12.7 Å². The third-order valence-corrected chi connectivity index (χ3v) is 4.20. The molecule has 0 atom stereocenters. The second-order valence-corrected chi connectivity index (χ2v) is 6.59. The van der Waals surface area contributed by atoms with E-state index in [0.29, 0.717) is 16.7 Å². The van der Waals surface area contributed by atoms with Gasteiger partial charge in [-0.15, -0.1) is 10.2 Å². The van der Waals surface area contributed by atoms with Crippen LogP contribution in [0.3, 0.4) is 0 Å². The van der Waals surface area contributed by atoms with Crippen molar-refractivity contribution in [3.8, 4) is 0 Å². The van der Waals surface area contributed by atoms with E-state index < -0.39 is 9.84 Å². The van der Waals surface area contributed by atoms with Crippen molar-refractivity contribution < 1.29 is 8.42 Å². The van der Waals surface area contributed by atoms with Crippen LogP contribution in [0.15, 0.2) is 29.2 Å². The molecule has 5 nitrogen and oxygen atoms in total. The first-order valence-electron chi connectivity index (χ1n) is 5.78. The summed E-state index contributed by atoms with van der Waals surface area (Å²) in [6.45, 7) is 2.50. The highest BCUT2D eigenvalue weighted by Gasteiger charge is 2.10. The van der Waals surface area contributed by atoms with E-state index in [1.807, 2.05) is 6.92 Å². The van der Waals surface area contributed by atoms with Crippen LogP contribution >= 0.6 is 11.6 Å². The van der Waals surface area contributed by atoms with E-state index >= 15 is 0 Å². The Morgan fingerprint density at radius 1 is 1.21 bits per heavy atom. The summed E-state index contributed by atoms with van der Waals surface area (Å²) in [7, 11) is -3.16. The highest BCUT2D eigenvalue weighted by atomic mass is 35.5. The lowest BCUT2D eigenvalue weighted by Crippen LogP contribution is -2.05. The summed E-state index contributed by atoms with van der Waals surface area (Å²) in [6, 6.07) is 6.72. The number of aromatic nitrogens is 3. The number of benzene rings is 1. The van der Waals surface area contributed by atoms with Gasteiger partial charge < -0.3 is 0 Å². The van der Waals surface area contributed by atoms with Gasteiger partial charge in [-0.05, 0) is 29.3 Å². The fourth-order valence-electron chi connectivity index (χ4n) is 1.76. The van der Waals surface area contributed by atoms with Crippen molar-refractivity contribution in [3.63, 3.8) is 0 Å². The predicted molar refractivity (Wildman–Crippen MR) is 73.1 cm³/mol. The summed E-state index contributed by atoms with van der Waals surface area (Å²) < 4.78 is 24.5. The molecule has 1 aromatic carbocycles. The molecule has 0 radical (unpaired) electrons. The molecule has 0 amide bonds. The Labute approximate surface area is 117 Å². The molecule has 0 aliphatic heterocycles. The maximum Gasteiger partial charge on any atom is 0.225 e. The first-order chi connectivity index (χ1) is 8.91. The molecule has 0 saturated carbocycles. The first kappa shape index (κ1) is 14.0. The summed E-state index contributed by atoms with van der Waals surface area (Å²) in [6.07, 6.45) is 1.93. The lowest BCUT2D eigenvalue weighted by molar-refractivity contribution is 0.602. The summed E-state index contributed by atoms with van der Waals surface area (Å²) in [5.74, 6) is 0.803. The average molecular weight is 300 g/mol. The quantitative estimate of drug-likeness (QED) is 0.865. The van der Waals surface area contributed by atoms with Crippen LogP contribution in [0, 0.1) is 0 Å². The van der Waals surface area contributed by atoms with Crippen LogP contribution in [-0.2, 0) is 22.8 Å². The Morgan fingerprint density at radius 2 is 1.84 bits per heavy atom. The van der Waals surface area contributed by atoms with E-state index in [0.717, 1.165) is 17.8 Å². The summed E-state index contributed by atoms with van der Waals surface area (Å²) in [5, 5.41) is 8.13. The number of rotatable bonds is 4. The van der Waals surface area contributed by atoms with Crippen LogP contribution in [0.5, 0.6) is 0 Å². The zero-order valence-electron chi connectivity index (χ0n) is 10.7. The topological polar surface area (TPSA) is 64.8 Å². The molecule has 0 fully saturated rings. The van der Waals surface area contributed by atoms with E-state index in [2.05, 4.69) is 10.2 Å². The molecule has 1 heterocycles. The monoisotopic (exact) mass is 299 g/mol. The number of hydrogen-bond acceptors (Lipinski definition) is 4. The molecule has 1 aromatic heterocycles. The molecule has 0 unspecified atom stereocenters. The van der Waals surface area contributed by atoms with Gasteiger partial charge in [0.25, 0.3) is 0 Å². The van der Waals surface area contributed by atoms with Crippen LogP contribution in [0.1, 0.15) is 18.3 Å². The molecular formula is C12H14ClN3O2S. The van der Waals surface area contributed by atoms with Crippen LogP contribution in [0.25, 0.3) is 0 Å². The second kappa shape index (κ2) is 5.30. The zero-order valence-corrected chi connectivity index (χ0v) is 12.2. The van der Waals surface area contributed by atoms with Gasteiger partial charge in [0.15, 0.2) is 9.84 Å². The maximum absolute atomic E-state index is 11.4. The Hall–Kier alpha value is -1.40. The van der Waals surface area contributed by atoms with Gasteiger partial charge in [-0.2, -0.15) is 0 Å². The Balaban J connectivity index is 2.27. The normalized spacial score (nSPS) is 11.7. The minimum absolute atomic E-state index is 0.307. The Kier molecular flexibility index (Phi) is 3.91. The Bertz CT molecular complexity index is 678. The van der Waals surface area contributed by atoms with E-state index in [9.17, 15) is 8.42 Å². The summed E-state index contributed by atoms with van der Waals surface area (Å²) in [5.41, 5.74) is 0.948. The standard InChI is InChI=1S/C12H14ClN3O2S/c1-3-11-14-15-12(13)16(11)8-9-4-6-10(7-5-9)19(2,17)18/h4-7H,3,8H2,1-2H3. The van der Waals surface area contributed by atoms with Crippen molar-refractivity contribution in [3.05, 3.63) is 40.9 Å². The molecule has 102 valence electrons. The van der Waals surface area contributed by atoms with Gasteiger partial charge in [-0.1, -0.05) is 19.1 Å². The van der Waals surface area contributed by atoms with Crippen molar-refractivity contribution in [1.82, 2.24) is 14.8 Å². The number of aryl methyl sites for hydroxylation is 1. The summed E-state index contributed by atoms with van der Waals surface area (Å²) in [4.78, 5) is 0.307. The fraction of sp³-hybridized carbons (Fsp3) is 0.333. The second-order valence-electron chi connectivity index (χ2n) is 4.24. The number of halogens is 1. The molecule has 0 spiro atoms. The number of hydrogen-bond donors (Lipinski definition) is 0. The highest BCUT2D eigenvalue weighted by molar-refractivity contribution is 7.90. The van der Waals surface area contributed by atoms with Gasteiger partial charge >= 0.3 is 0 Å². The number of nitrogens with zero attached hydrogens (tertiary/aromatic N) is 3. The van der Waals surface area contributed by atoms with E-state index in [4.69, 9.17) is 11.6 Å². The number of sulfone groups is 1. The molecule has 0 saturated heterocycles. The van der Waals surface area contributed by atoms with Crippen molar-refractivity contribution in [2.75, 3.05) is 6.26 Å². The van der Waals surface area contributed by atoms with Crippen LogP contribution in [0.4, 0.5) is 0 Å². The van der Waals surface area contributed by atoms with Gasteiger partial charge in [0.1, 0.15) is 5.82 Å². The van der Waals surface area contributed by atoms with Crippen molar-refractivity contribution in [1.29, 1.82) is 0 Å².